The zero-order chi connectivity index (χ0) is 22.0. The van der Waals surface area contributed by atoms with E-state index in [1.54, 1.807) is 0 Å². The van der Waals surface area contributed by atoms with Gasteiger partial charge in [0.25, 0.3) is 0 Å². The van der Waals surface area contributed by atoms with Gasteiger partial charge < -0.3 is 15.6 Å². The van der Waals surface area contributed by atoms with Crippen LogP contribution in [-0.4, -0.2) is 42.6 Å². The summed E-state index contributed by atoms with van der Waals surface area (Å²) < 4.78 is 14.5. The van der Waals surface area contributed by atoms with Gasteiger partial charge in [0.2, 0.25) is 0 Å². The molecule has 31 heavy (non-hydrogen) atoms. The normalized spacial score (nSPS) is 50.8. The van der Waals surface area contributed by atoms with E-state index in [9.17, 15) is 9.18 Å². The van der Waals surface area contributed by atoms with Crippen molar-refractivity contribution in [2.24, 2.45) is 45.6 Å². The number of hydrogen-bond donors (Lipinski definition) is 2. The Bertz CT molecular complexity index is 794. The molecule has 6 heteroatoms. The molecule has 4 saturated carbocycles. The van der Waals surface area contributed by atoms with Gasteiger partial charge in [-0.3, -0.25) is 4.79 Å². The molecule has 5 nitrogen and oxygen atoms in total. The zero-order valence-electron chi connectivity index (χ0n) is 19.3. The van der Waals surface area contributed by atoms with Crippen LogP contribution in [0.3, 0.4) is 0 Å². The first-order valence-corrected chi connectivity index (χ1v) is 12.5. The standard InChI is InChI=1S/C25H38FN3O2/c1-4-15-21(29-31-14-7-10-28-13-14)6-9-24(2)17-5-8-25(3)18(12-19(26)23(25)30)16(17)11-20(27)22(15)24/h14-19,22,27-28H,4-13H2,1-3H3. The molecule has 1 aliphatic heterocycles. The van der Waals surface area contributed by atoms with Crippen LogP contribution in [0.5, 0.6) is 0 Å². The Morgan fingerprint density at radius 3 is 2.77 bits per heavy atom. The second-order valence-electron chi connectivity index (χ2n) is 11.4. The maximum absolute atomic E-state index is 14.5. The first kappa shape index (κ1) is 21.5. The number of oxime groups is 1. The zero-order valence-corrected chi connectivity index (χ0v) is 19.3. The summed E-state index contributed by atoms with van der Waals surface area (Å²) >= 11 is 0. The third-order valence-corrected chi connectivity index (χ3v) is 10.0. The van der Waals surface area contributed by atoms with Crippen molar-refractivity contribution < 1.29 is 14.0 Å². The number of Topliss-reactive ketones (excluding diaryl/α,β-unsaturated/α-hetero) is 1. The van der Waals surface area contributed by atoms with Crippen LogP contribution in [0.4, 0.5) is 4.39 Å². The highest BCUT2D eigenvalue weighted by Gasteiger charge is 2.64. The van der Waals surface area contributed by atoms with Crippen LogP contribution >= 0.6 is 0 Å². The molecule has 5 aliphatic rings. The van der Waals surface area contributed by atoms with E-state index >= 15 is 0 Å². The second kappa shape index (κ2) is 7.64. The van der Waals surface area contributed by atoms with Crippen molar-refractivity contribution in [1.82, 2.24) is 5.32 Å². The number of hydrogen-bond acceptors (Lipinski definition) is 5. The van der Waals surface area contributed by atoms with Gasteiger partial charge in [0, 0.05) is 35.9 Å². The highest BCUT2D eigenvalue weighted by Crippen LogP contribution is 2.65. The lowest BCUT2D eigenvalue weighted by Gasteiger charge is -2.61. The molecule has 5 fully saturated rings. The molecular formula is C25H38FN3O2. The van der Waals surface area contributed by atoms with Gasteiger partial charge in [-0.1, -0.05) is 25.9 Å². The third kappa shape index (κ3) is 3.14. The average molecular weight is 432 g/mol. The fourth-order valence-corrected chi connectivity index (χ4v) is 8.41. The average Bonchev–Trinajstić information content (AvgIpc) is 3.34. The van der Waals surface area contributed by atoms with E-state index in [1.165, 1.54) is 0 Å². The largest absolute Gasteiger partial charge is 0.391 e. The van der Waals surface area contributed by atoms with E-state index in [0.717, 1.165) is 69.5 Å². The summed E-state index contributed by atoms with van der Waals surface area (Å²) in [5.74, 6) is 1.12. The summed E-state index contributed by atoms with van der Waals surface area (Å²) in [6, 6.07) is 0. The van der Waals surface area contributed by atoms with Crippen molar-refractivity contribution in [2.45, 2.75) is 84.4 Å². The summed E-state index contributed by atoms with van der Waals surface area (Å²) in [6.07, 6.45) is 5.67. The van der Waals surface area contributed by atoms with Crippen LogP contribution in [0.15, 0.2) is 5.16 Å². The van der Waals surface area contributed by atoms with Gasteiger partial charge in [-0.25, -0.2) is 4.39 Å². The lowest BCUT2D eigenvalue weighted by molar-refractivity contribution is -0.136. The molecule has 9 unspecified atom stereocenters. The second-order valence-corrected chi connectivity index (χ2v) is 11.4. The molecule has 9 atom stereocenters. The van der Waals surface area contributed by atoms with Gasteiger partial charge in [-0.05, 0) is 74.7 Å². The lowest BCUT2D eigenvalue weighted by Crippen LogP contribution is -2.59. The van der Waals surface area contributed by atoms with Gasteiger partial charge in [-0.2, -0.15) is 0 Å². The summed E-state index contributed by atoms with van der Waals surface area (Å²) in [7, 11) is 0. The van der Waals surface area contributed by atoms with E-state index < -0.39 is 11.6 Å². The van der Waals surface area contributed by atoms with Gasteiger partial charge in [0.05, 0.1) is 5.71 Å². The number of nitrogens with one attached hydrogen (secondary N) is 2. The Hall–Kier alpha value is -1.30. The van der Waals surface area contributed by atoms with E-state index in [1.807, 2.05) is 6.92 Å². The Labute approximate surface area is 185 Å². The quantitative estimate of drug-likeness (QED) is 0.644. The Kier molecular flexibility index (Phi) is 5.31. The van der Waals surface area contributed by atoms with Crippen LogP contribution in [0.1, 0.15) is 72.1 Å². The molecule has 0 bridgehead atoms. The Balaban J connectivity index is 1.42. The molecule has 0 radical (unpaired) electrons. The van der Waals surface area contributed by atoms with Crippen LogP contribution in [0.2, 0.25) is 0 Å². The number of carbonyl (C=O) groups excluding carboxylic acids is 1. The Morgan fingerprint density at radius 1 is 1.26 bits per heavy atom. The fourth-order valence-electron chi connectivity index (χ4n) is 8.41. The van der Waals surface area contributed by atoms with Crippen molar-refractivity contribution in [3.8, 4) is 0 Å². The van der Waals surface area contributed by atoms with Crippen molar-refractivity contribution in [1.29, 1.82) is 5.41 Å². The summed E-state index contributed by atoms with van der Waals surface area (Å²) in [4.78, 5) is 18.5. The monoisotopic (exact) mass is 431 g/mol. The topological polar surface area (TPSA) is 74.5 Å². The third-order valence-electron chi connectivity index (χ3n) is 10.0. The van der Waals surface area contributed by atoms with Crippen LogP contribution in [0.25, 0.3) is 0 Å². The summed E-state index contributed by atoms with van der Waals surface area (Å²) in [5.41, 5.74) is 1.47. The molecular weight excluding hydrogens is 393 g/mol. The lowest BCUT2D eigenvalue weighted by atomic mass is 9.43. The number of rotatable bonds is 3. The predicted molar refractivity (Wildman–Crippen MR) is 119 cm³/mol. The van der Waals surface area contributed by atoms with Crippen LogP contribution in [0, 0.1) is 45.8 Å². The highest BCUT2D eigenvalue weighted by atomic mass is 19.1. The first-order valence-electron chi connectivity index (χ1n) is 12.5. The van der Waals surface area contributed by atoms with Gasteiger partial charge in [0.1, 0.15) is 6.10 Å². The molecule has 5 rings (SSSR count). The molecule has 172 valence electrons. The van der Waals surface area contributed by atoms with Crippen molar-refractivity contribution in [3.63, 3.8) is 0 Å². The molecule has 0 aromatic carbocycles. The number of fused-ring (bicyclic) bond motifs is 5. The smallest absolute Gasteiger partial charge is 0.173 e. The van der Waals surface area contributed by atoms with Crippen molar-refractivity contribution >= 4 is 17.2 Å². The number of ketones is 1. The number of alkyl halides is 1. The molecule has 2 N–H and O–H groups in total. The van der Waals surface area contributed by atoms with E-state index in [2.05, 4.69) is 24.3 Å². The minimum absolute atomic E-state index is 0.0351. The number of carbonyl (C=O) groups is 1. The molecule has 0 aromatic heterocycles. The molecule has 0 amide bonds. The summed E-state index contributed by atoms with van der Waals surface area (Å²) in [5, 5.41) is 17.1. The van der Waals surface area contributed by atoms with E-state index in [-0.39, 0.29) is 41.0 Å². The van der Waals surface area contributed by atoms with Crippen LogP contribution in [-0.2, 0) is 9.63 Å². The molecule has 0 aromatic rings. The van der Waals surface area contributed by atoms with Gasteiger partial charge in [0.15, 0.2) is 12.0 Å². The predicted octanol–water partition coefficient (Wildman–Crippen LogP) is 4.55. The van der Waals surface area contributed by atoms with E-state index in [0.29, 0.717) is 12.3 Å². The van der Waals surface area contributed by atoms with Gasteiger partial charge in [-0.15, -0.1) is 0 Å². The minimum atomic E-state index is -1.30. The first-order chi connectivity index (χ1) is 14.8. The number of halogens is 1. The molecule has 4 aliphatic carbocycles. The van der Waals surface area contributed by atoms with Crippen molar-refractivity contribution in [3.05, 3.63) is 0 Å². The Morgan fingerprint density at radius 2 is 2.06 bits per heavy atom. The summed E-state index contributed by atoms with van der Waals surface area (Å²) in [6.45, 7) is 8.45. The van der Waals surface area contributed by atoms with Gasteiger partial charge >= 0.3 is 0 Å². The SMILES string of the molecule is CCC1C(=NOC2CCNC2)CCC2(C)C3CCC4(C)C(=O)C(F)CC4C3CC(=N)C12. The van der Waals surface area contributed by atoms with Crippen molar-refractivity contribution in [2.75, 3.05) is 13.1 Å². The number of nitrogens with zero attached hydrogens (tertiary/aromatic N) is 1. The fraction of sp³-hybridized carbons (Fsp3) is 0.880. The molecule has 0 spiro atoms. The highest BCUT2D eigenvalue weighted by molar-refractivity contribution is 5.96. The van der Waals surface area contributed by atoms with Crippen LogP contribution < -0.4 is 5.32 Å². The minimum Gasteiger partial charge on any atom is -0.391 e. The molecule has 1 saturated heterocycles. The maximum atomic E-state index is 14.5. The molecule has 1 heterocycles. The van der Waals surface area contributed by atoms with E-state index in [4.69, 9.17) is 10.2 Å². The maximum Gasteiger partial charge on any atom is 0.173 e.